The minimum absolute atomic E-state index is 0.463. The molecule has 1 heterocycles. The lowest BCUT2D eigenvalue weighted by atomic mass is 10.1. The molecule has 0 fully saturated rings. The molecule has 80 valence electrons. The van der Waals surface area contributed by atoms with E-state index in [1.54, 1.807) is 0 Å². The molecule has 0 saturated carbocycles. The van der Waals surface area contributed by atoms with Crippen molar-refractivity contribution in [2.24, 2.45) is 5.73 Å². The normalized spacial score (nSPS) is 13.2. The summed E-state index contributed by atoms with van der Waals surface area (Å²) in [5, 5.41) is 12.7. The fourth-order valence-corrected chi connectivity index (χ4v) is 1.61. The van der Waals surface area contributed by atoms with Gasteiger partial charge in [-0.3, -0.25) is 0 Å². The Morgan fingerprint density at radius 2 is 2.20 bits per heavy atom. The summed E-state index contributed by atoms with van der Waals surface area (Å²) >= 11 is 0. The second kappa shape index (κ2) is 4.41. The Kier molecular flexibility index (Phi) is 2.98. The van der Waals surface area contributed by atoms with E-state index in [4.69, 9.17) is 11.0 Å². The number of hydrogen-bond acceptors (Lipinski definition) is 4. The van der Waals surface area contributed by atoms with E-state index in [1.807, 2.05) is 30.5 Å². The maximum absolute atomic E-state index is 8.07. The molecule has 1 aromatic carbocycles. The number of rotatable bonds is 4. The Balaban J connectivity index is 2.21. The molecule has 1 aromatic heterocycles. The van der Waals surface area contributed by atoms with Crippen molar-refractivity contribution < 1.29 is 15.2 Å². The van der Waals surface area contributed by atoms with Crippen LogP contribution < -0.4 is 5.73 Å². The maximum Gasteiger partial charge on any atom is 0.148 e. The van der Waals surface area contributed by atoms with Crippen molar-refractivity contribution in [1.82, 2.24) is 4.98 Å². The van der Waals surface area contributed by atoms with E-state index in [9.17, 15) is 0 Å². The Morgan fingerprint density at radius 1 is 1.40 bits per heavy atom. The molecular formula is C10H12N2O3. The molecule has 0 aliphatic carbocycles. The molecule has 5 nitrogen and oxygen atoms in total. The smallest absolute Gasteiger partial charge is 0.148 e. The van der Waals surface area contributed by atoms with Crippen molar-refractivity contribution in [3.8, 4) is 0 Å². The minimum Gasteiger partial charge on any atom is -0.361 e. The number of hydrogen-bond donors (Lipinski definition) is 3. The van der Waals surface area contributed by atoms with Gasteiger partial charge in [-0.2, -0.15) is 4.89 Å². The molecule has 1 unspecified atom stereocenters. The number of aromatic nitrogens is 1. The van der Waals surface area contributed by atoms with Crippen molar-refractivity contribution in [2.45, 2.75) is 12.6 Å². The Labute approximate surface area is 86.3 Å². The third-order valence-corrected chi connectivity index (χ3v) is 2.26. The van der Waals surface area contributed by atoms with Crippen LogP contribution in [0.2, 0.25) is 0 Å². The van der Waals surface area contributed by atoms with Crippen molar-refractivity contribution in [1.29, 1.82) is 0 Å². The largest absolute Gasteiger partial charge is 0.361 e. The van der Waals surface area contributed by atoms with E-state index in [0.717, 1.165) is 16.5 Å². The Hall–Kier alpha value is -1.40. The van der Waals surface area contributed by atoms with Gasteiger partial charge in [0.1, 0.15) is 6.23 Å². The first-order valence-electron chi connectivity index (χ1n) is 4.58. The van der Waals surface area contributed by atoms with Crippen LogP contribution in [0, 0.1) is 0 Å². The molecule has 1 atom stereocenters. The molecule has 0 spiro atoms. The average molecular weight is 208 g/mol. The van der Waals surface area contributed by atoms with Crippen molar-refractivity contribution in [2.75, 3.05) is 0 Å². The van der Waals surface area contributed by atoms with E-state index in [2.05, 4.69) is 14.9 Å². The number of nitrogens with one attached hydrogen (secondary N) is 1. The van der Waals surface area contributed by atoms with Gasteiger partial charge in [0.15, 0.2) is 0 Å². The van der Waals surface area contributed by atoms with E-state index in [-0.39, 0.29) is 0 Å². The van der Waals surface area contributed by atoms with Crippen LogP contribution in [0.3, 0.4) is 0 Å². The molecule has 0 saturated heterocycles. The van der Waals surface area contributed by atoms with Gasteiger partial charge in [0, 0.05) is 23.5 Å². The first kappa shape index (κ1) is 10.1. The molecule has 0 aliphatic rings. The molecule has 2 aromatic rings. The van der Waals surface area contributed by atoms with Gasteiger partial charge < -0.3 is 10.7 Å². The third kappa shape index (κ3) is 2.16. The maximum atomic E-state index is 8.07. The summed E-state index contributed by atoms with van der Waals surface area (Å²) in [6, 6.07) is 7.88. The van der Waals surface area contributed by atoms with Gasteiger partial charge in [-0.1, -0.05) is 23.2 Å². The molecule has 0 radical (unpaired) electrons. The molecule has 4 N–H and O–H groups in total. The predicted molar refractivity (Wildman–Crippen MR) is 54.8 cm³/mol. The number of para-hydroxylation sites is 1. The summed E-state index contributed by atoms with van der Waals surface area (Å²) in [7, 11) is 0. The third-order valence-electron chi connectivity index (χ3n) is 2.26. The molecule has 5 heteroatoms. The standard InChI is InChI=1S/C10H12N2O3/c11-10(14-15-13)5-7-6-12-9-4-2-1-3-8(7)9/h1-4,6,10,12-13H,5,11H2. The van der Waals surface area contributed by atoms with Crippen LogP contribution >= 0.6 is 0 Å². The van der Waals surface area contributed by atoms with Crippen molar-refractivity contribution >= 4 is 10.9 Å². The topological polar surface area (TPSA) is 80.5 Å². The zero-order chi connectivity index (χ0) is 10.7. The van der Waals surface area contributed by atoms with E-state index < -0.39 is 6.23 Å². The molecule has 15 heavy (non-hydrogen) atoms. The predicted octanol–water partition coefficient (Wildman–Crippen LogP) is 1.42. The Bertz CT molecular complexity index is 441. The van der Waals surface area contributed by atoms with Crippen LogP contribution in [0.5, 0.6) is 0 Å². The highest BCUT2D eigenvalue weighted by atomic mass is 17.5. The van der Waals surface area contributed by atoms with Gasteiger partial charge in [0.2, 0.25) is 0 Å². The van der Waals surface area contributed by atoms with Crippen LogP contribution in [0.1, 0.15) is 5.56 Å². The van der Waals surface area contributed by atoms with E-state index in [0.29, 0.717) is 6.42 Å². The number of aromatic amines is 1. The second-order valence-electron chi connectivity index (χ2n) is 3.27. The summed E-state index contributed by atoms with van der Waals surface area (Å²) in [4.78, 5) is 7.50. The van der Waals surface area contributed by atoms with E-state index in [1.165, 1.54) is 0 Å². The second-order valence-corrected chi connectivity index (χ2v) is 3.27. The van der Waals surface area contributed by atoms with Gasteiger partial charge in [-0.25, -0.2) is 5.26 Å². The van der Waals surface area contributed by atoms with E-state index >= 15 is 0 Å². The van der Waals surface area contributed by atoms with Gasteiger partial charge >= 0.3 is 0 Å². The summed E-state index contributed by atoms with van der Waals surface area (Å²) < 4.78 is 0. The number of benzene rings is 1. The van der Waals surface area contributed by atoms with Crippen LogP contribution in [-0.2, 0) is 16.3 Å². The molecule has 2 rings (SSSR count). The number of nitrogens with two attached hydrogens (primary N) is 1. The zero-order valence-corrected chi connectivity index (χ0v) is 8.01. The first-order chi connectivity index (χ1) is 7.31. The summed E-state index contributed by atoms with van der Waals surface area (Å²) in [6.45, 7) is 0. The molecule has 0 aliphatic heterocycles. The molecular weight excluding hydrogens is 196 g/mol. The van der Waals surface area contributed by atoms with Crippen LogP contribution in [0.15, 0.2) is 30.5 Å². The summed E-state index contributed by atoms with van der Waals surface area (Å²) in [5.41, 5.74) is 7.61. The fraction of sp³-hybridized carbons (Fsp3) is 0.200. The highest BCUT2D eigenvalue weighted by molar-refractivity contribution is 5.83. The van der Waals surface area contributed by atoms with Crippen LogP contribution in [0.25, 0.3) is 10.9 Å². The lowest BCUT2D eigenvalue weighted by Crippen LogP contribution is -2.25. The summed E-state index contributed by atoms with van der Waals surface area (Å²) in [5.74, 6) is 0. The average Bonchev–Trinajstić information content (AvgIpc) is 2.62. The number of fused-ring (bicyclic) bond motifs is 1. The van der Waals surface area contributed by atoms with Crippen molar-refractivity contribution in [3.05, 3.63) is 36.0 Å². The molecule has 0 amide bonds. The van der Waals surface area contributed by atoms with Gasteiger partial charge in [-0.05, 0) is 11.6 Å². The Morgan fingerprint density at radius 3 is 3.00 bits per heavy atom. The van der Waals surface area contributed by atoms with Gasteiger partial charge in [-0.15, -0.1) is 0 Å². The summed E-state index contributed by atoms with van der Waals surface area (Å²) in [6.07, 6.45) is 1.64. The van der Waals surface area contributed by atoms with Gasteiger partial charge in [0.25, 0.3) is 0 Å². The SMILES string of the molecule is NC(Cc1c[nH]c2ccccc12)OOO. The highest BCUT2D eigenvalue weighted by Crippen LogP contribution is 2.18. The zero-order valence-electron chi connectivity index (χ0n) is 8.01. The van der Waals surface area contributed by atoms with Crippen molar-refractivity contribution in [3.63, 3.8) is 0 Å². The highest BCUT2D eigenvalue weighted by Gasteiger charge is 2.09. The fourth-order valence-electron chi connectivity index (χ4n) is 1.61. The molecule has 0 bridgehead atoms. The lowest BCUT2D eigenvalue weighted by molar-refractivity contribution is -0.505. The van der Waals surface area contributed by atoms with Gasteiger partial charge in [0.05, 0.1) is 0 Å². The number of H-pyrrole nitrogens is 1. The quantitative estimate of drug-likeness (QED) is 0.403. The monoisotopic (exact) mass is 208 g/mol. The lowest BCUT2D eigenvalue weighted by Gasteiger charge is -2.07. The van der Waals surface area contributed by atoms with Crippen LogP contribution in [-0.4, -0.2) is 16.5 Å². The van der Waals surface area contributed by atoms with Crippen LogP contribution in [0.4, 0.5) is 0 Å². The first-order valence-corrected chi connectivity index (χ1v) is 4.58. The minimum atomic E-state index is -0.686.